The number of hydrogen-bond acceptors (Lipinski definition) is 3. The van der Waals surface area contributed by atoms with Crippen LogP contribution in [0.25, 0.3) is 0 Å². The number of ether oxygens (including phenoxy) is 1. The SMILES string of the molecule is CC.CC.CC(C)(C)OC(=O)C1CC1.c1ccncc1. The van der Waals surface area contributed by atoms with Crippen LogP contribution in [-0.4, -0.2) is 16.6 Å². The first kappa shape index (κ1) is 20.9. The zero-order chi connectivity index (χ0) is 16.0. The summed E-state index contributed by atoms with van der Waals surface area (Å²) >= 11 is 0. The van der Waals surface area contributed by atoms with Crippen LogP contribution >= 0.6 is 0 Å². The van der Waals surface area contributed by atoms with Crippen LogP contribution in [0.1, 0.15) is 61.3 Å². The van der Waals surface area contributed by atoms with Gasteiger partial charge in [-0.05, 0) is 45.7 Å². The Balaban J connectivity index is 0. The molecule has 3 nitrogen and oxygen atoms in total. The Kier molecular flexibility index (Phi) is 13.2. The third kappa shape index (κ3) is 14.7. The van der Waals surface area contributed by atoms with Gasteiger partial charge in [0.25, 0.3) is 0 Å². The van der Waals surface area contributed by atoms with Gasteiger partial charge in [0.05, 0.1) is 5.92 Å². The largest absolute Gasteiger partial charge is 0.460 e. The maximum absolute atomic E-state index is 11.0. The smallest absolute Gasteiger partial charge is 0.309 e. The quantitative estimate of drug-likeness (QED) is 0.689. The van der Waals surface area contributed by atoms with Gasteiger partial charge < -0.3 is 4.74 Å². The fraction of sp³-hybridized carbons (Fsp3) is 0.647. The summed E-state index contributed by atoms with van der Waals surface area (Å²) in [5.74, 6) is 0.201. The fourth-order valence-electron chi connectivity index (χ4n) is 1.02. The van der Waals surface area contributed by atoms with Gasteiger partial charge in [-0.2, -0.15) is 0 Å². The summed E-state index contributed by atoms with van der Waals surface area (Å²) in [4.78, 5) is 14.8. The number of carbonyl (C=O) groups is 1. The molecule has 0 spiro atoms. The summed E-state index contributed by atoms with van der Waals surface area (Å²) in [5, 5.41) is 0. The van der Waals surface area contributed by atoms with Crippen molar-refractivity contribution in [3.8, 4) is 0 Å². The molecule has 0 aromatic carbocycles. The Bertz CT molecular complexity index is 287. The van der Waals surface area contributed by atoms with Crippen molar-refractivity contribution in [2.24, 2.45) is 5.92 Å². The summed E-state index contributed by atoms with van der Waals surface area (Å²) in [7, 11) is 0. The number of rotatable bonds is 1. The van der Waals surface area contributed by atoms with Crippen LogP contribution in [0, 0.1) is 5.92 Å². The monoisotopic (exact) mass is 281 g/mol. The van der Waals surface area contributed by atoms with E-state index in [9.17, 15) is 4.79 Å². The van der Waals surface area contributed by atoms with E-state index in [1.54, 1.807) is 12.4 Å². The van der Waals surface area contributed by atoms with Crippen molar-refractivity contribution in [2.75, 3.05) is 0 Å². The molecule has 3 heteroatoms. The highest BCUT2D eigenvalue weighted by Crippen LogP contribution is 2.31. The first-order valence-electron chi connectivity index (χ1n) is 7.57. The van der Waals surface area contributed by atoms with Gasteiger partial charge >= 0.3 is 5.97 Å². The van der Waals surface area contributed by atoms with Crippen LogP contribution < -0.4 is 0 Å². The van der Waals surface area contributed by atoms with Gasteiger partial charge in [-0.1, -0.05) is 33.8 Å². The third-order valence-electron chi connectivity index (χ3n) is 1.88. The summed E-state index contributed by atoms with van der Waals surface area (Å²) in [6, 6.07) is 5.72. The van der Waals surface area contributed by atoms with E-state index in [2.05, 4.69) is 4.98 Å². The van der Waals surface area contributed by atoms with Crippen molar-refractivity contribution in [1.82, 2.24) is 4.98 Å². The topological polar surface area (TPSA) is 39.2 Å². The van der Waals surface area contributed by atoms with E-state index >= 15 is 0 Å². The molecule has 2 rings (SSSR count). The molecule has 1 heterocycles. The van der Waals surface area contributed by atoms with Gasteiger partial charge in [0.2, 0.25) is 0 Å². The Morgan fingerprint density at radius 3 is 1.65 bits per heavy atom. The number of esters is 1. The minimum Gasteiger partial charge on any atom is -0.460 e. The molecule has 1 aliphatic rings. The van der Waals surface area contributed by atoms with Crippen molar-refractivity contribution in [2.45, 2.75) is 66.9 Å². The van der Waals surface area contributed by atoms with Gasteiger partial charge in [-0.3, -0.25) is 9.78 Å². The number of aromatic nitrogens is 1. The number of pyridine rings is 1. The number of nitrogens with zero attached hydrogens (tertiary/aromatic N) is 1. The summed E-state index contributed by atoms with van der Waals surface area (Å²) in [6.45, 7) is 13.7. The second-order valence-electron chi connectivity index (χ2n) is 4.83. The number of carbonyl (C=O) groups excluding carboxylic acids is 1. The first-order valence-corrected chi connectivity index (χ1v) is 7.57. The lowest BCUT2D eigenvalue weighted by atomic mass is 10.2. The fourth-order valence-corrected chi connectivity index (χ4v) is 1.02. The minimum atomic E-state index is -0.306. The van der Waals surface area contributed by atoms with Crippen molar-refractivity contribution in [3.63, 3.8) is 0 Å². The van der Waals surface area contributed by atoms with Gasteiger partial charge in [-0.15, -0.1) is 0 Å². The normalized spacial score (nSPS) is 12.3. The predicted molar refractivity (Wildman–Crippen MR) is 85.5 cm³/mol. The molecule has 116 valence electrons. The Hall–Kier alpha value is -1.38. The molecular weight excluding hydrogens is 250 g/mol. The first-order chi connectivity index (χ1) is 9.49. The highest BCUT2D eigenvalue weighted by Gasteiger charge is 2.33. The van der Waals surface area contributed by atoms with Gasteiger partial charge in [0, 0.05) is 12.4 Å². The lowest BCUT2D eigenvalue weighted by molar-refractivity contribution is -0.156. The van der Waals surface area contributed by atoms with E-state index in [-0.39, 0.29) is 17.5 Å². The van der Waals surface area contributed by atoms with Crippen molar-refractivity contribution in [3.05, 3.63) is 30.6 Å². The standard InChI is InChI=1S/C8H14O2.C5H5N.2C2H6/c1-8(2,3)10-7(9)6-4-5-6;1-2-4-6-5-3-1;2*1-2/h6H,4-5H2,1-3H3;1-5H;2*1-2H3. The average Bonchev–Trinajstić information content (AvgIpc) is 3.29. The third-order valence-corrected chi connectivity index (χ3v) is 1.88. The lowest BCUT2D eigenvalue weighted by Gasteiger charge is -2.19. The molecule has 0 bridgehead atoms. The summed E-state index contributed by atoms with van der Waals surface area (Å²) in [5.41, 5.74) is -0.306. The van der Waals surface area contributed by atoms with Crippen LogP contribution in [0.4, 0.5) is 0 Å². The van der Waals surface area contributed by atoms with Crippen LogP contribution in [0.15, 0.2) is 30.6 Å². The second-order valence-corrected chi connectivity index (χ2v) is 4.83. The molecule has 0 saturated heterocycles. The van der Waals surface area contributed by atoms with E-state index < -0.39 is 0 Å². The molecule has 1 fully saturated rings. The molecule has 1 saturated carbocycles. The number of hydrogen-bond donors (Lipinski definition) is 0. The molecule has 1 aliphatic carbocycles. The van der Waals surface area contributed by atoms with E-state index in [1.165, 1.54) is 0 Å². The minimum absolute atomic E-state index is 0.0208. The average molecular weight is 281 g/mol. The van der Waals surface area contributed by atoms with Gasteiger partial charge in [0.1, 0.15) is 5.60 Å². The summed E-state index contributed by atoms with van der Waals surface area (Å²) < 4.78 is 5.12. The maximum atomic E-state index is 11.0. The van der Waals surface area contributed by atoms with Crippen LogP contribution in [0.5, 0.6) is 0 Å². The molecule has 0 unspecified atom stereocenters. The van der Waals surface area contributed by atoms with E-state index in [0.717, 1.165) is 12.8 Å². The molecule has 1 aromatic rings. The van der Waals surface area contributed by atoms with E-state index in [1.807, 2.05) is 66.7 Å². The zero-order valence-electron chi connectivity index (χ0n) is 14.1. The molecule has 0 radical (unpaired) electrons. The van der Waals surface area contributed by atoms with Crippen molar-refractivity contribution < 1.29 is 9.53 Å². The Morgan fingerprint density at radius 1 is 1.00 bits per heavy atom. The lowest BCUT2D eigenvalue weighted by Crippen LogP contribution is -2.24. The molecule has 0 aliphatic heterocycles. The van der Waals surface area contributed by atoms with Crippen molar-refractivity contribution in [1.29, 1.82) is 0 Å². The van der Waals surface area contributed by atoms with Gasteiger partial charge in [0.15, 0.2) is 0 Å². The highest BCUT2D eigenvalue weighted by atomic mass is 16.6. The predicted octanol–water partition coefficient (Wildman–Crippen LogP) is 4.87. The van der Waals surface area contributed by atoms with Crippen molar-refractivity contribution >= 4 is 5.97 Å². The van der Waals surface area contributed by atoms with Crippen LogP contribution in [0.2, 0.25) is 0 Å². The molecule has 20 heavy (non-hydrogen) atoms. The molecule has 0 N–H and O–H groups in total. The van der Waals surface area contributed by atoms with Gasteiger partial charge in [-0.25, -0.2) is 0 Å². The molecule has 0 amide bonds. The second kappa shape index (κ2) is 12.6. The highest BCUT2D eigenvalue weighted by molar-refractivity contribution is 5.75. The van der Waals surface area contributed by atoms with Crippen LogP contribution in [0.3, 0.4) is 0 Å². The molecule has 0 atom stereocenters. The van der Waals surface area contributed by atoms with E-state index in [0.29, 0.717) is 0 Å². The Labute approximate surface area is 124 Å². The zero-order valence-corrected chi connectivity index (χ0v) is 14.1. The van der Waals surface area contributed by atoms with E-state index in [4.69, 9.17) is 4.74 Å². The van der Waals surface area contributed by atoms with Crippen LogP contribution in [-0.2, 0) is 9.53 Å². The maximum Gasteiger partial charge on any atom is 0.309 e. The summed E-state index contributed by atoms with van der Waals surface area (Å²) in [6.07, 6.45) is 5.55. The molecule has 1 aromatic heterocycles. The molecular formula is C17H31NO2. The Morgan fingerprint density at radius 2 is 1.45 bits per heavy atom.